The van der Waals surface area contributed by atoms with Crippen molar-refractivity contribution in [2.45, 2.75) is 44.6 Å². The van der Waals surface area contributed by atoms with Crippen LogP contribution in [0.15, 0.2) is 0 Å². The lowest BCUT2D eigenvalue weighted by atomic mass is 9.75. The van der Waals surface area contributed by atoms with Gasteiger partial charge in [0.1, 0.15) is 5.54 Å². The molecular formula is C13H26BN3O5. The molecule has 7 N–H and O–H groups in total. The molecule has 8 nitrogen and oxygen atoms in total. The standard InChI is InChI=1S/C13H26BN3O5/c1-8(2)10(15)11(18)17-6-9(3-4-14(21)22)5-13(16,7-17)12(19)20/h8-10,21-22H,3-7,15-16H2,1-2H3,(H,19,20)/t9-,10?,13+/m0/s1. The van der Waals surface area contributed by atoms with Crippen LogP contribution in [0, 0.1) is 11.8 Å². The van der Waals surface area contributed by atoms with Crippen molar-refractivity contribution in [2.75, 3.05) is 13.1 Å². The lowest BCUT2D eigenvalue weighted by Crippen LogP contribution is -2.64. The monoisotopic (exact) mass is 315 g/mol. The fraction of sp³-hybridized carbons (Fsp3) is 0.846. The van der Waals surface area contributed by atoms with E-state index < -0.39 is 24.7 Å². The molecule has 1 heterocycles. The molecule has 0 spiro atoms. The van der Waals surface area contributed by atoms with Gasteiger partial charge in [0, 0.05) is 13.1 Å². The fourth-order valence-electron chi connectivity index (χ4n) is 2.76. The van der Waals surface area contributed by atoms with Crippen LogP contribution in [0.1, 0.15) is 26.7 Å². The maximum absolute atomic E-state index is 12.4. The summed E-state index contributed by atoms with van der Waals surface area (Å²) in [6.45, 7) is 3.88. The number of aliphatic carboxylic acids is 1. The number of carboxylic acid groups (broad SMARTS) is 1. The molecule has 0 aliphatic carbocycles. The summed E-state index contributed by atoms with van der Waals surface area (Å²) in [7, 11) is -1.46. The number of nitrogens with zero attached hydrogens (tertiary/aromatic N) is 1. The van der Waals surface area contributed by atoms with E-state index in [1.807, 2.05) is 13.8 Å². The van der Waals surface area contributed by atoms with Crippen molar-refractivity contribution in [3.05, 3.63) is 0 Å². The second-order valence-corrected chi connectivity index (χ2v) is 6.58. The molecular weight excluding hydrogens is 289 g/mol. The number of carboxylic acids is 1. The normalized spacial score (nSPS) is 26.9. The van der Waals surface area contributed by atoms with Crippen LogP contribution in [0.25, 0.3) is 0 Å². The molecule has 0 bridgehead atoms. The molecule has 3 atom stereocenters. The molecule has 9 heteroatoms. The molecule has 1 amide bonds. The summed E-state index contributed by atoms with van der Waals surface area (Å²) >= 11 is 0. The van der Waals surface area contributed by atoms with Gasteiger partial charge in [-0.15, -0.1) is 0 Å². The maximum atomic E-state index is 12.4. The van der Waals surface area contributed by atoms with Gasteiger partial charge < -0.3 is 31.5 Å². The van der Waals surface area contributed by atoms with E-state index in [9.17, 15) is 14.7 Å². The van der Waals surface area contributed by atoms with E-state index in [-0.39, 0.29) is 37.0 Å². The molecule has 1 saturated heterocycles. The highest BCUT2D eigenvalue weighted by atomic mass is 16.4. The first kappa shape index (κ1) is 18.9. The lowest BCUT2D eigenvalue weighted by molar-refractivity contribution is -0.149. The number of piperidine rings is 1. The number of nitrogens with two attached hydrogens (primary N) is 2. The zero-order valence-electron chi connectivity index (χ0n) is 13.1. The average molecular weight is 315 g/mol. The Morgan fingerprint density at radius 2 is 2.00 bits per heavy atom. The van der Waals surface area contributed by atoms with Crippen LogP contribution in [0.5, 0.6) is 0 Å². The number of carbonyl (C=O) groups is 2. The minimum absolute atomic E-state index is 0.0656. The highest BCUT2D eigenvalue weighted by Gasteiger charge is 2.44. The van der Waals surface area contributed by atoms with E-state index >= 15 is 0 Å². The Morgan fingerprint density at radius 1 is 1.41 bits per heavy atom. The van der Waals surface area contributed by atoms with Gasteiger partial charge in [-0.25, -0.2) is 0 Å². The molecule has 0 aromatic heterocycles. The van der Waals surface area contributed by atoms with Crippen LogP contribution in [0.4, 0.5) is 0 Å². The topological polar surface area (TPSA) is 150 Å². The second-order valence-electron chi connectivity index (χ2n) is 6.58. The largest absolute Gasteiger partial charge is 0.480 e. The van der Waals surface area contributed by atoms with Crippen LogP contribution >= 0.6 is 0 Å². The van der Waals surface area contributed by atoms with Crippen molar-refractivity contribution in [2.24, 2.45) is 23.3 Å². The zero-order valence-corrected chi connectivity index (χ0v) is 13.1. The third-order valence-electron chi connectivity index (χ3n) is 4.18. The Kier molecular flexibility index (Phi) is 6.36. The Morgan fingerprint density at radius 3 is 2.45 bits per heavy atom. The van der Waals surface area contributed by atoms with E-state index in [4.69, 9.17) is 21.5 Å². The maximum Gasteiger partial charge on any atom is 0.451 e. The summed E-state index contributed by atoms with van der Waals surface area (Å²) < 4.78 is 0. The summed E-state index contributed by atoms with van der Waals surface area (Å²) in [5.74, 6) is -1.76. The van der Waals surface area contributed by atoms with Gasteiger partial charge in [-0.05, 0) is 24.6 Å². The summed E-state index contributed by atoms with van der Waals surface area (Å²) in [4.78, 5) is 25.2. The van der Waals surface area contributed by atoms with Crippen molar-refractivity contribution in [3.63, 3.8) is 0 Å². The van der Waals surface area contributed by atoms with Crippen molar-refractivity contribution >= 4 is 19.0 Å². The van der Waals surface area contributed by atoms with E-state index in [2.05, 4.69) is 0 Å². The Hall–Kier alpha value is -1.16. The Labute approximate surface area is 130 Å². The number of rotatable bonds is 6. The summed E-state index contributed by atoms with van der Waals surface area (Å²) in [6.07, 6.45) is 0.680. The number of amides is 1. The van der Waals surface area contributed by atoms with E-state index in [1.165, 1.54) is 4.90 Å². The molecule has 0 aromatic carbocycles. The highest BCUT2D eigenvalue weighted by Crippen LogP contribution is 2.28. The van der Waals surface area contributed by atoms with Crippen molar-refractivity contribution in [1.82, 2.24) is 4.90 Å². The van der Waals surface area contributed by atoms with Gasteiger partial charge in [0.05, 0.1) is 6.04 Å². The quantitative estimate of drug-likeness (QED) is 0.373. The molecule has 126 valence electrons. The van der Waals surface area contributed by atoms with Crippen molar-refractivity contribution in [1.29, 1.82) is 0 Å². The Balaban J connectivity index is 2.88. The molecule has 22 heavy (non-hydrogen) atoms. The highest BCUT2D eigenvalue weighted by molar-refractivity contribution is 6.40. The van der Waals surface area contributed by atoms with Gasteiger partial charge in [-0.2, -0.15) is 0 Å². The van der Waals surface area contributed by atoms with E-state index in [0.29, 0.717) is 13.0 Å². The number of hydrogen-bond acceptors (Lipinski definition) is 6. The van der Waals surface area contributed by atoms with Gasteiger partial charge in [0.15, 0.2) is 0 Å². The second kappa shape index (κ2) is 7.41. The van der Waals surface area contributed by atoms with Crippen LogP contribution in [-0.4, -0.2) is 63.7 Å². The van der Waals surface area contributed by atoms with Crippen LogP contribution in [0.2, 0.25) is 6.32 Å². The van der Waals surface area contributed by atoms with Gasteiger partial charge in [0.25, 0.3) is 0 Å². The van der Waals surface area contributed by atoms with Crippen LogP contribution in [-0.2, 0) is 9.59 Å². The minimum atomic E-state index is -1.53. The summed E-state index contributed by atoms with van der Waals surface area (Å²) in [5, 5.41) is 27.3. The molecule has 0 saturated carbocycles. The average Bonchev–Trinajstić information content (AvgIpc) is 2.42. The minimum Gasteiger partial charge on any atom is -0.480 e. The number of likely N-dealkylation sites (tertiary alicyclic amines) is 1. The van der Waals surface area contributed by atoms with Crippen LogP contribution in [0.3, 0.4) is 0 Å². The fourth-order valence-corrected chi connectivity index (χ4v) is 2.76. The zero-order chi connectivity index (χ0) is 17.1. The molecule has 0 aromatic rings. The first-order valence-corrected chi connectivity index (χ1v) is 7.49. The van der Waals surface area contributed by atoms with E-state index in [1.54, 1.807) is 0 Å². The predicted octanol–water partition coefficient (Wildman–Crippen LogP) is -1.54. The number of carbonyl (C=O) groups excluding carboxylic acids is 1. The molecule has 1 unspecified atom stereocenters. The molecule has 1 aliphatic rings. The SMILES string of the molecule is CC(C)C(N)C(=O)N1C[C@@H](CCB(O)O)C[C@](N)(C(=O)O)C1. The molecule has 1 fully saturated rings. The van der Waals surface area contributed by atoms with Crippen molar-refractivity contribution < 1.29 is 24.7 Å². The summed E-state index contributed by atoms with van der Waals surface area (Å²) in [5.41, 5.74) is 10.3. The Bertz CT molecular complexity index is 420. The smallest absolute Gasteiger partial charge is 0.451 e. The predicted molar refractivity (Wildman–Crippen MR) is 81.7 cm³/mol. The first-order valence-electron chi connectivity index (χ1n) is 7.49. The third-order valence-corrected chi connectivity index (χ3v) is 4.18. The molecule has 1 rings (SSSR count). The van der Waals surface area contributed by atoms with Crippen molar-refractivity contribution in [3.8, 4) is 0 Å². The lowest BCUT2D eigenvalue weighted by Gasteiger charge is -2.43. The molecule has 1 aliphatic heterocycles. The number of hydrogen-bond donors (Lipinski definition) is 5. The van der Waals surface area contributed by atoms with Gasteiger partial charge in [0.2, 0.25) is 5.91 Å². The van der Waals surface area contributed by atoms with Gasteiger partial charge in [-0.3, -0.25) is 9.59 Å². The van der Waals surface area contributed by atoms with Gasteiger partial charge in [-0.1, -0.05) is 20.3 Å². The van der Waals surface area contributed by atoms with E-state index in [0.717, 1.165) is 0 Å². The molecule has 0 radical (unpaired) electrons. The van der Waals surface area contributed by atoms with Gasteiger partial charge >= 0.3 is 13.1 Å². The van der Waals surface area contributed by atoms with Crippen LogP contribution < -0.4 is 11.5 Å². The third kappa shape index (κ3) is 4.67. The first-order chi connectivity index (χ1) is 10.1. The summed E-state index contributed by atoms with van der Waals surface area (Å²) in [6, 6.07) is -0.708.